The van der Waals surface area contributed by atoms with Crippen molar-refractivity contribution in [1.82, 2.24) is 0 Å². The average Bonchev–Trinajstić information content (AvgIpc) is 2.39. The van der Waals surface area contributed by atoms with Gasteiger partial charge in [0.2, 0.25) is 0 Å². The first-order valence-corrected chi connectivity index (χ1v) is 6.43. The number of carbonyl (C=O) groups is 1. The Bertz CT molecular complexity index is 649. The van der Waals surface area contributed by atoms with Crippen LogP contribution >= 0.6 is 23.2 Å². The van der Waals surface area contributed by atoms with Crippen LogP contribution in [-0.4, -0.2) is 11.1 Å². The van der Waals surface area contributed by atoms with Gasteiger partial charge in [0.1, 0.15) is 5.82 Å². The van der Waals surface area contributed by atoms with Gasteiger partial charge >= 0.3 is 5.97 Å². The Balaban J connectivity index is 2.32. The lowest BCUT2D eigenvalue weighted by Gasteiger charge is -2.16. The molecule has 3 nitrogen and oxygen atoms in total. The number of carboxylic acids is 1. The molecule has 0 fully saturated rings. The van der Waals surface area contributed by atoms with Crippen molar-refractivity contribution in [3.8, 4) is 0 Å². The number of halogens is 3. The molecule has 0 saturated carbocycles. The van der Waals surface area contributed by atoms with Crippen LogP contribution in [0.25, 0.3) is 0 Å². The van der Waals surface area contributed by atoms with E-state index >= 15 is 0 Å². The lowest BCUT2D eigenvalue weighted by Crippen LogP contribution is -2.20. The third-order valence-electron chi connectivity index (χ3n) is 2.66. The van der Waals surface area contributed by atoms with Gasteiger partial charge in [0.25, 0.3) is 0 Å². The highest BCUT2D eigenvalue weighted by molar-refractivity contribution is 6.31. The molecular formula is C14H10Cl2FNO2. The molecule has 1 atom stereocenters. The van der Waals surface area contributed by atoms with Gasteiger partial charge in [0.05, 0.1) is 5.02 Å². The van der Waals surface area contributed by atoms with Crippen LogP contribution in [0, 0.1) is 5.82 Å². The van der Waals surface area contributed by atoms with Crippen molar-refractivity contribution < 1.29 is 14.3 Å². The van der Waals surface area contributed by atoms with Crippen LogP contribution in [0.15, 0.2) is 42.5 Å². The molecule has 0 bridgehead atoms. The van der Waals surface area contributed by atoms with E-state index in [1.54, 1.807) is 24.3 Å². The Morgan fingerprint density at radius 3 is 2.55 bits per heavy atom. The second-order valence-corrected chi connectivity index (χ2v) is 4.94. The monoisotopic (exact) mass is 313 g/mol. The first kappa shape index (κ1) is 14.6. The van der Waals surface area contributed by atoms with E-state index in [-0.39, 0.29) is 5.02 Å². The summed E-state index contributed by atoms with van der Waals surface area (Å²) in [6.45, 7) is 0. The second-order valence-electron chi connectivity index (χ2n) is 4.10. The van der Waals surface area contributed by atoms with Crippen molar-refractivity contribution in [2.75, 3.05) is 5.32 Å². The fourth-order valence-corrected chi connectivity index (χ4v) is 2.10. The summed E-state index contributed by atoms with van der Waals surface area (Å²) in [4.78, 5) is 11.4. The number of aliphatic carboxylic acids is 1. The molecule has 0 aliphatic rings. The van der Waals surface area contributed by atoms with E-state index in [0.717, 1.165) is 6.07 Å². The molecule has 104 valence electrons. The Morgan fingerprint density at radius 1 is 1.20 bits per heavy atom. The molecule has 0 heterocycles. The maximum atomic E-state index is 13.1. The smallest absolute Gasteiger partial charge is 0.330 e. The highest BCUT2D eigenvalue weighted by atomic mass is 35.5. The topological polar surface area (TPSA) is 49.3 Å². The summed E-state index contributed by atoms with van der Waals surface area (Å²) in [6.07, 6.45) is 0. The van der Waals surface area contributed by atoms with Gasteiger partial charge in [-0.05, 0) is 35.9 Å². The molecule has 2 rings (SSSR count). The molecule has 0 radical (unpaired) electrons. The van der Waals surface area contributed by atoms with E-state index in [1.165, 1.54) is 12.1 Å². The minimum atomic E-state index is -1.10. The quantitative estimate of drug-likeness (QED) is 0.881. The lowest BCUT2D eigenvalue weighted by atomic mass is 10.1. The molecule has 0 aliphatic carbocycles. The van der Waals surface area contributed by atoms with Gasteiger partial charge in [-0.25, -0.2) is 9.18 Å². The number of rotatable bonds is 4. The van der Waals surface area contributed by atoms with Crippen molar-refractivity contribution in [2.24, 2.45) is 0 Å². The summed E-state index contributed by atoms with van der Waals surface area (Å²) in [5.41, 5.74) is 0.897. The van der Waals surface area contributed by atoms with Crippen LogP contribution in [0.5, 0.6) is 0 Å². The maximum absolute atomic E-state index is 13.1. The molecular weight excluding hydrogens is 304 g/mol. The van der Waals surface area contributed by atoms with Gasteiger partial charge in [-0.15, -0.1) is 0 Å². The van der Waals surface area contributed by atoms with E-state index in [2.05, 4.69) is 5.32 Å². The van der Waals surface area contributed by atoms with Gasteiger partial charge < -0.3 is 10.4 Å². The zero-order chi connectivity index (χ0) is 14.7. The van der Waals surface area contributed by atoms with E-state index in [4.69, 9.17) is 23.2 Å². The lowest BCUT2D eigenvalue weighted by molar-refractivity contribution is -0.138. The van der Waals surface area contributed by atoms with Crippen molar-refractivity contribution in [2.45, 2.75) is 6.04 Å². The molecule has 0 spiro atoms. The second kappa shape index (κ2) is 6.11. The molecule has 0 aliphatic heterocycles. The van der Waals surface area contributed by atoms with Crippen LogP contribution < -0.4 is 5.32 Å². The predicted molar refractivity (Wildman–Crippen MR) is 76.9 cm³/mol. The first-order chi connectivity index (χ1) is 9.47. The van der Waals surface area contributed by atoms with Gasteiger partial charge in [0, 0.05) is 10.7 Å². The Labute approximate surface area is 124 Å². The van der Waals surface area contributed by atoms with Crippen LogP contribution in [0.4, 0.5) is 10.1 Å². The fraction of sp³-hybridized carbons (Fsp3) is 0.0714. The number of hydrogen-bond acceptors (Lipinski definition) is 2. The molecule has 2 aromatic carbocycles. The van der Waals surface area contributed by atoms with Crippen LogP contribution in [0.1, 0.15) is 11.6 Å². The fourth-order valence-electron chi connectivity index (χ4n) is 1.72. The Hall–Kier alpha value is -1.78. The molecule has 0 aromatic heterocycles. The first-order valence-electron chi connectivity index (χ1n) is 5.67. The standard InChI is InChI=1S/C14H10Cl2FNO2/c15-9-2-1-3-10(7-9)18-13(14(19)20)8-4-5-12(17)11(16)6-8/h1-7,13,18H,(H,19,20). The molecule has 6 heteroatoms. The van der Waals surface area contributed by atoms with Crippen molar-refractivity contribution >= 4 is 34.9 Å². The zero-order valence-electron chi connectivity index (χ0n) is 10.1. The number of anilines is 1. The van der Waals surface area contributed by atoms with Gasteiger partial charge in [-0.2, -0.15) is 0 Å². The third kappa shape index (κ3) is 3.40. The zero-order valence-corrected chi connectivity index (χ0v) is 11.6. The summed E-state index contributed by atoms with van der Waals surface area (Å²) in [5.74, 6) is -1.70. The number of carboxylic acid groups (broad SMARTS) is 1. The van der Waals surface area contributed by atoms with Gasteiger partial charge in [-0.3, -0.25) is 0 Å². The third-order valence-corrected chi connectivity index (χ3v) is 3.18. The highest BCUT2D eigenvalue weighted by Gasteiger charge is 2.20. The van der Waals surface area contributed by atoms with Crippen molar-refractivity contribution in [3.05, 3.63) is 63.9 Å². The summed E-state index contributed by atoms with van der Waals surface area (Å²) in [7, 11) is 0. The number of nitrogens with one attached hydrogen (secondary N) is 1. The van der Waals surface area contributed by atoms with E-state index < -0.39 is 17.8 Å². The SMILES string of the molecule is O=C(O)C(Nc1cccc(Cl)c1)c1ccc(F)c(Cl)c1. The molecule has 20 heavy (non-hydrogen) atoms. The van der Waals surface area contributed by atoms with Crippen molar-refractivity contribution in [1.29, 1.82) is 0 Å². The molecule has 2 aromatic rings. The highest BCUT2D eigenvalue weighted by Crippen LogP contribution is 2.25. The summed E-state index contributed by atoms with van der Waals surface area (Å²) in [6, 6.07) is 9.40. The van der Waals surface area contributed by atoms with Crippen LogP contribution in [-0.2, 0) is 4.79 Å². The van der Waals surface area contributed by atoms with E-state index in [0.29, 0.717) is 16.3 Å². The number of hydrogen-bond donors (Lipinski definition) is 2. The summed E-state index contributed by atoms with van der Waals surface area (Å²) >= 11 is 11.5. The normalized spacial score (nSPS) is 11.9. The minimum Gasteiger partial charge on any atom is -0.479 e. The van der Waals surface area contributed by atoms with E-state index in [9.17, 15) is 14.3 Å². The van der Waals surface area contributed by atoms with Gasteiger partial charge in [0.15, 0.2) is 6.04 Å². The summed E-state index contributed by atoms with van der Waals surface area (Å²) < 4.78 is 13.1. The largest absolute Gasteiger partial charge is 0.479 e. The van der Waals surface area contributed by atoms with Crippen LogP contribution in [0.3, 0.4) is 0 Å². The minimum absolute atomic E-state index is 0.123. The summed E-state index contributed by atoms with van der Waals surface area (Å²) in [5, 5.41) is 12.5. The van der Waals surface area contributed by atoms with Crippen LogP contribution in [0.2, 0.25) is 10.0 Å². The van der Waals surface area contributed by atoms with Gasteiger partial charge in [-0.1, -0.05) is 35.3 Å². The van der Waals surface area contributed by atoms with E-state index in [1.807, 2.05) is 0 Å². The molecule has 0 saturated heterocycles. The van der Waals surface area contributed by atoms with Crippen molar-refractivity contribution in [3.63, 3.8) is 0 Å². The maximum Gasteiger partial charge on any atom is 0.330 e. The molecule has 2 N–H and O–H groups in total. The molecule has 0 amide bonds. The Morgan fingerprint density at radius 2 is 1.95 bits per heavy atom. The Kier molecular flexibility index (Phi) is 4.47. The average molecular weight is 314 g/mol. The molecule has 1 unspecified atom stereocenters. The predicted octanol–water partition coefficient (Wildman–Crippen LogP) is 4.37. The number of benzene rings is 2.